The van der Waals surface area contributed by atoms with Crippen LogP contribution in [0.3, 0.4) is 0 Å². The largest absolute Gasteiger partial charge is 0.497 e. The number of hydrazine groups is 1. The van der Waals surface area contributed by atoms with Crippen molar-refractivity contribution in [1.29, 1.82) is 0 Å². The Morgan fingerprint density at radius 3 is 2.38 bits per heavy atom. The number of benzene rings is 2. The minimum atomic E-state index is -0.475. The van der Waals surface area contributed by atoms with Gasteiger partial charge in [0, 0.05) is 11.1 Å². The lowest BCUT2D eigenvalue weighted by Crippen LogP contribution is -2.36. The summed E-state index contributed by atoms with van der Waals surface area (Å²) in [5.41, 5.74) is 4.05. The summed E-state index contributed by atoms with van der Waals surface area (Å²) < 4.78 is 5.08. The SMILES string of the molecule is COc1ccc(C2=CC(=O)N(Nc3ccc(Cl)cc3Cl)C2=O)cc1. The number of halogens is 2. The second kappa shape index (κ2) is 6.55. The number of carbonyl (C=O) groups is 2. The first-order valence-corrected chi connectivity index (χ1v) is 7.71. The highest BCUT2D eigenvalue weighted by molar-refractivity contribution is 6.37. The summed E-state index contributed by atoms with van der Waals surface area (Å²) >= 11 is 11.9. The van der Waals surface area contributed by atoms with E-state index in [-0.39, 0.29) is 0 Å². The van der Waals surface area contributed by atoms with Crippen molar-refractivity contribution in [2.75, 3.05) is 12.5 Å². The quantitative estimate of drug-likeness (QED) is 0.840. The van der Waals surface area contributed by atoms with Gasteiger partial charge in [0.25, 0.3) is 11.8 Å². The second-order valence-corrected chi connectivity index (χ2v) is 5.84. The van der Waals surface area contributed by atoms with E-state index >= 15 is 0 Å². The zero-order valence-corrected chi connectivity index (χ0v) is 14.1. The first-order chi connectivity index (χ1) is 11.5. The summed E-state index contributed by atoms with van der Waals surface area (Å²) in [5, 5.41) is 1.68. The number of ether oxygens (including phenoxy) is 1. The summed E-state index contributed by atoms with van der Waals surface area (Å²) in [6, 6.07) is 11.6. The number of rotatable bonds is 4. The van der Waals surface area contributed by atoms with E-state index in [1.54, 1.807) is 43.5 Å². The number of amides is 2. The molecule has 2 amide bonds. The average Bonchev–Trinajstić information content (AvgIpc) is 2.85. The number of anilines is 1. The lowest BCUT2D eigenvalue weighted by molar-refractivity contribution is -0.134. The first kappa shape index (κ1) is 16.4. The van der Waals surface area contributed by atoms with Crippen LogP contribution in [0.1, 0.15) is 5.56 Å². The van der Waals surface area contributed by atoms with E-state index in [4.69, 9.17) is 27.9 Å². The lowest BCUT2D eigenvalue weighted by atomic mass is 10.1. The maximum atomic E-state index is 12.5. The molecule has 0 atom stereocenters. The van der Waals surface area contributed by atoms with E-state index in [0.717, 1.165) is 5.01 Å². The molecule has 2 aromatic carbocycles. The molecule has 0 aromatic heterocycles. The topological polar surface area (TPSA) is 58.6 Å². The maximum absolute atomic E-state index is 12.5. The normalized spacial score (nSPS) is 14.0. The van der Waals surface area contributed by atoms with Crippen molar-refractivity contribution >= 4 is 46.3 Å². The first-order valence-electron chi connectivity index (χ1n) is 6.96. The molecule has 0 saturated carbocycles. The maximum Gasteiger partial charge on any atom is 0.280 e. The molecule has 24 heavy (non-hydrogen) atoms. The lowest BCUT2D eigenvalue weighted by Gasteiger charge is -2.18. The van der Waals surface area contributed by atoms with Gasteiger partial charge < -0.3 is 4.74 Å². The number of nitrogens with one attached hydrogen (secondary N) is 1. The monoisotopic (exact) mass is 362 g/mol. The Morgan fingerprint density at radius 2 is 1.75 bits per heavy atom. The highest BCUT2D eigenvalue weighted by atomic mass is 35.5. The molecular weight excluding hydrogens is 351 g/mol. The molecule has 0 unspecified atom stereocenters. The molecule has 3 rings (SSSR count). The number of hydrogen-bond acceptors (Lipinski definition) is 4. The molecular formula is C17H12Cl2N2O3. The van der Waals surface area contributed by atoms with E-state index in [0.29, 0.717) is 32.6 Å². The standard InChI is InChI=1S/C17H12Cl2N2O3/c1-24-12-5-2-10(3-6-12)13-9-16(22)21(17(13)23)20-15-7-4-11(18)8-14(15)19/h2-9,20H,1H3. The molecule has 0 radical (unpaired) electrons. The van der Waals surface area contributed by atoms with E-state index in [9.17, 15) is 9.59 Å². The van der Waals surface area contributed by atoms with Crippen LogP contribution >= 0.6 is 23.2 Å². The summed E-state index contributed by atoms with van der Waals surface area (Å²) in [6.45, 7) is 0. The van der Waals surface area contributed by atoms with Crippen molar-refractivity contribution in [3.8, 4) is 5.75 Å². The van der Waals surface area contributed by atoms with Crippen molar-refractivity contribution in [3.63, 3.8) is 0 Å². The third kappa shape index (κ3) is 3.09. The van der Waals surface area contributed by atoms with Gasteiger partial charge in [-0.1, -0.05) is 35.3 Å². The zero-order chi connectivity index (χ0) is 17.3. The van der Waals surface area contributed by atoms with Gasteiger partial charge in [0.05, 0.1) is 23.4 Å². The Morgan fingerprint density at radius 1 is 1.04 bits per heavy atom. The Kier molecular flexibility index (Phi) is 4.46. The van der Waals surface area contributed by atoms with Crippen molar-refractivity contribution < 1.29 is 14.3 Å². The second-order valence-electron chi connectivity index (χ2n) is 5.00. The van der Waals surface area contributed by atoms with E-state index in [1.807, 2.05) is 0 Å². The summed E-state index contributed by atoms with van der Waals surface area (Å²) in [4.78, 5) is 24.7. The highest BCUT2D eigenvalue weighted by Crippen LogP contribution is 2.29. The average molecular weight is 363 g/mol. The van der Waals surface area contributed by atoms with Gasteiger partial charge in [0.1, 0.15) is 5.75 Å². The summed E-state index contributed by atoms with van der Waals surface area (Å²) in [5.74, 6) is -0.271. The van der Waals surface area contributed by atoms with Gasteiger partial charge in [0.15, 0.2) is 0 Å². The smallest absolute Gasteiger partial charge is 0.280 e. The fraction of sp³-hybridized carbons (Fsp3) is 0.0588. The molecule has 0 aliphatic carbocycles. The zero-order valence-electron chi connectivity index (χ0n) is 12.5. The predicted octanol–water partition coefficient (Wildman–Crippen LogP) is 3.78. The highest BCUT2D eigenvalue weighted by Gasteiger charge is 2.32. The predicted molar refractivity (Wildman–Crippen MR) is 92.9 cm³/mol. The van der Waals surface area contributed by atoms with Crippen molar-refractivity contribution in [3.05, 3.63) is 64.1 Å². The molecule has 0 fully saturated rings. The minimum Gasteiger partial charge on any atom is -0.497 e. The van der Waals surface area contributed by atoms with Crippen LogP contribution in [0.4, 0.5) is 5.69 Å². The van der Waals surface area contributed by atoms with Crippen LogP contribution in [0, 0.1) is 0 Å². The van der Waals surface area contributed by atoms with Crippen LogP contribution in [0.25, 0.3) is 5.57 Å². The third-order valence-corrected chi connectivity index (χ3v) is 4.03. The fourth-order valence-corrected chi connectivity index (χ4v) is 2.70. The molecule has 122 valence electrons. The molecule has 1 aliphatic rings. The molecule has 0 saturated heterocycles. The van der Waals surface area contributed by atoms with E-state index in [1.165, 1.54) is 12.1 Å². The van der Waals surface area contributed by atoms with Gasteiger partial charge in [-0.05, 0) is 35.9 Å². The van der Waals surface area contributed by atoms with Crippen LogP contribution in [0.2, 0.25) is 10.0 Å². The van der Waals surface area contributed by atoms with E-state index in [2.05, 4.69) is 5.43 Å². The van der Waals surface area contributed by atoms with Crippen molar-refractivity contribution in [2.24, 2.45) is 0 Å². The van der Waals surface area contributed by atoms with Crippen molar-refractivity contribution in [2.45, 2.75) is 0 Å². The third-order valence-electron chi connectivity index (χ3n) is 3.49. The molecule has 2 aromatic rings. The van der Waals surface area contributed by atoms with Crippen LogP contribution in [-0.4, -0.2) is 23.9 Å². The van der Waals surface area contributed by atoms with Gasteiger partial charge in [0.2, 0.25) is 0 Å². The van der Waals surface area contributed by atoms with Gasteiger partial charge in [-0.2, -0.15) is 5.01 Å². The van der Waals surface area contributed by atoms with Crippen LogP contribution in [0.15, 0.2) is 48.5 Å². The molecule has 1 heterocycles. The molecule has 0 bridgehead atoms. The molecule has 7 heteroatoms. The minimum absolute atomic E-state index is 0.292. The van der Waals surface area contributed by atoms with Gasteiger partial charge >= 0.3 is 0 Å². The van der Waals surface area contributed by atoms with Crippen LogP contribution < -0.4 is 10.2 Å². The fourth-order valence-electron chi connectivity index (χ4n) is 2.25. The molecule has 5 nitrogen and oxygen atoms in total. The van der Waals surface area contributed by atoms with Crippen LogP contribution in [-0.2, 0) is 9.59 Å². The van der Waals surface area contributed by atoms with E-state index < -0.39 is 11.8 Å². The summed E-state index contributed by atoms with van der Waals surface area (Å²) in [7, 11) is 1.56. The van der Waals surface area contributed by atoms with Gasteiger partial charge in [-0.15, -0.1) is 0 Å². The number of hydrogen-bond donors (Lipinski definition) is 1. The molecule has 0 spiro atoms. The van der Waals surface area contributed by atoms with Gasteiger partial charge in [-0.3, -0.25) is 15.0 Å². The number of carbonyl (C=O) groups excluding carboxylic acids is 2. The summed E-state index contributed by atoms with van der Waals surface area (Å²) in [6.07, 6.45) is 1.28. The molecule has 1 N–H and O–H groups in total. The Labute approximate surface area is 148 Å². The van der Waals surface area contributed by atoms with Gasteiger partial charge in [-0.25, -0.2) is 0 Å². The number of nitrogens with zero attached hydrogens (tertiary/aromatic N) is 1. The van der Waals surface area contributed by atoms with Crippen molar-refractivity contribution in [1.82, 2.24) is 5.01 Å². The molecule has 1 aliphatic heterocycles. The Hall–Kier alpha value is -2.50. The Bertz CT molecular complexity index is 847. The number of imide groups is 1. The number of methoxy groups -OCH3 is 1. The van der Waals surface area contributed by atoms with Crippen LogP contribution in [0.5, 0.6) is 5.75 Å². The Balaban J connectivity index is 1.83.